The summed E-state index contributed by atoms with van der Waals surface area (Å²) in [6.45, 7) is 0. The zero-order chi connectivity index (χ0) is 16.9. The molecule has 0 aliphatic heterocycles. The third kappa shape index (κ3) is 3.43. The first-order valence-electron chi connectivity index (χ1n) is 7.71. The molecule has 3 aromatic carbocycles. The largest absolute Gasteiger partial charge is 0.426 e. The fourth-order valence-electron chi connectivity index (χ4n) is 2.66. The summed E-state index contributed by atoms with van der Waals surface area (Å²) >= 11 is 0. The predicted octanol–water partition coefficient (Wildman–Crippen LogP) is 3.48. The van der Waals surface area contributed by atoms with Crippen LogP contribution in [0.5, 0.6) is 5.75 Å². The molecule has 0 aliphatic carbocycles. The molecule has 4 nitrogen and oxygen atoms in total. The van der Waals surface area contributed by atoms with Crippen LogP contribution in [0.4, 0.5) is 0 Å². The molecule has 120 valence electrons. The Morgan fingerprint density at radius 2 is 1.58 bits per heavy atom. The fourth-order valence-corrected chi connectivity index (χ4v) is 2.66. The molecule has 1 amide bonds. The Labute approximate surface area is 139 Å². The van der Waals surface area contributed by atoms with E-state index in [9.17, 15) is 9.59 Å². The molecular formula is C20H17NO3. The SMILES string of the molecule is NC(=O)c1c(OC(=O)CCc2ccccc2)ccc2ccccc12. The van der Waals surface area contributed by atoms with E-state index in [0.717, 1.165) is 10.9 Å². The van der Waals surface area contributed by atoms with Crippen molar-refractivity contribution in [1.29, 1.82) is 0 Å². The van der Waals surface area contributed by atoms with Gasteiger partial charge in [-0.25, -0.2) is 0 Å². The number of rotatable bonds is 5. The summed E-state index contributed by atoms with van der Waals surface area (Å²) in [7, 11) is 0. The van der Waals surface area contributed by atoms with Crippen LogP contribution in [0, 0.1) is 0 Å². The van der Waals surface area contributed by atoms with Gasteiger partial charge in [0.25, 0.3) is 5.91 Å². The van der Waals surface area contributed by atoms with Crippen LogP contribution >= 0.6 is 0 Å². The Bertz CT molecular complexity index is 888. The topological polar surface area (TPSA) is 69.4 Å². The molecule has 0 bridgehead atoms. The molecule has 0 aliphatic rings. The molecule has 0 spiro atoms. The van der Waals surface area contributed by atoms with Crippen molar-refractivity contribution in [1.82, 2.24) is 0 Å². The first-order valence-corrected chi connectivity index (χ1v) is 7.71. The van der Waals surface area contributed by atoms with Crippen LogP contribution in [-0.4, -0.2) is 11.9 Å². The summed E-state index contributed by atoms with van der Waals surface area (Å²) in [6.07, 6.45) is 0.814. The first-order chi connectivity index (χ1) is 11.6. The Hall–Kier alpha value is -3.14. The molecule has 0 saturated heterocycles. The highest BCUT2D eigenvalue weighted by molar-refractivity contribution is 6.09. The number of amides is 1. The van der Waals surface area contributed by atoms with Gasteiger partial charge >= 0.3 is 5.97 Å². The standard InChI is InChI=1S/C20H17NO3/c21-20(23)19-16-9-5-4-8-15(16)11-12-17(19)24-18(22)13-10-14-6-2-1-3-7-14/h1-9,11-12H,10,13H2,(H2,21,23). The highest BCUT2D eigenvalue weighted by atomic mass is 16.5. The molecular weight excluding hydrogens is 302 g/mol. The van der Waals surface area contributed by atoms with Gasteiger partial charge in [0.1, 0.15) is 5.75 Å². The summed E-state index contributed by atoms with van der Waals surface area (Å²) in [5.41, 5.74) is 6.79. The maximum atomic E-state index is 12.1. The summed E-state index contributed by atoms with van der Waals surface area (Å²) in [5, 5.41) is 1.55. The van der Waals surface area contributed by atoms with Gasteiger partial charge in [-0.3, -0.25) is 9.59 Å². The molecule has 24 heavy (non-hydrogen) atoms. The maximum absolute atomic E-state index is 12.1. The van der Waals surface area contributed by atoms with Gasteiger partial charge in [0, 0.05) is 6.42 Å². The van der Waals surface area contributed by atoms with E-state index in [1.165, 1.54) is 0 Å². The zero-order valence-corrected chi connectivity index (χ0v) is 13.1. The molecule has 3 rings (SSSR count). The highest BCUT2D eigenvalue weighted by Gasteiger charge is 2.16. The minimum absolute atomic E-state index is 0.208. The van der Waals surface area contributed by atoms with Crippen LogP contribution in [0.25, 0.3) is 10.8 Å². The van der Waals surface area contributed by atoms with E-state index in [1.54, 1.807) is 12.1 Å². The number of hydrogen-bond donors (Lipinski definition) is 1. The lowest BCUT2D eigenvalue weighted by Crippen LogP contribution is -2.16. The molecule has 0 atom stereocenters. The minimum Gasteiger partial charge on any atom is -0.426 e. The van der Waals surface area contributed by atoms with Crippen molar-refractivity contribution in [2.24, 2.45) is 5.73 Å². The van der Waals surface area contributed by atoms with Gasteiger partial charge in [-0.05, 0) is 28.8 Å². The number of aryl methyl sites for hydroxylation is 1. The molecule has 0 heterocycles. The Kier molecular flexibility index (Phi) is 4.57. The van der Waals surface area contributed by atoms with Crippen LogP contribution in [0.3, 0.4) is 0 Å². The predicted molar refractivity (Wildman–Crippen MR) is 92.9 cm³/mol. The van der Waals surface area contributed by atoms with Crippen LogP contribution in [0.2, 0.25) is 0 Å². The van der Waals surface area contributed by atoms with Crippen LogP contribution in [-0.2, 0) is 11.2 Å². The number of nitrogens with two attached hydrogens (primary N) is 1. The number of ether oxygens (including phenoxy) is 1. The number of benzene rings is 3. The lowest BCUT2D eigenvalue weighted by molar-refractivity contribution is -0.134. The van der Waals surface area contributed by atoms with Gasteiger partial charge in [0.05, 0.1) is 5.56 Å². The lowest BCUT2D eigenvalue weighted by Gasteiger charge is -2.11. The lowest BCUT2D eigenvalue weighted by atomic mass is 10.0. The minimum atomic E-state index is -0.613. The number of esters is 1. The van der Waals surface area contributed by atoms with Gasteiger partial charge in [-0.15, -0.1) is 0 Å². The van der Waals surface area contributed by atoms with Crippen molar-refractivity contribution < 1.29 is 14.3 Å². The van der Waals surface area contributed by atoms with E-state index < -0.39 is 11.9 Å². The van der Waals surface area contributed by atoms with E-state index in [-0.39, 0.29) is 17.7 Å². The number of fused-ring (bicyclic) bond motifs is 1. The summed E-state index contributed by atoms with van der Waals surface area (Å²) in [6, 6.07) is 20.5. The monoisotopic (exact) mass is 319 g/mol. The van der Waals surface area contributed by atoms with Gasteiger partial charge in [-0.1, -0.05) is 60.7 Å². The quantitative estimate of drug-likeness (QED) is 0.578. The Balaban J connectivity index is 1.80. The highest BCUT2D eigenvalue weighted by Crippen LogP contribution is 2.28. The summed E-state index contributed by atoms with van der Waals surface area (Å²) in [5.74, 6) is -0.798. The van der Waals surface area contributed by atoms with Crippen molar-refractivity contribution in [3.05, 3.63) is 77.9 Å². The van der Waals surface area contributed by atoms with Gasteiger partial charge < -0.3 is 10.5 Å². The van der Waals surface area contributed by atoms with Crippen molar-refractivity contribution in [2.45, 2.75) is 12.8 Å². The smallest absolute Gasteiger partial charge is 0.311 e. The molecule has 0 aromatic heterocycles. The number of hydrogen-bond acceptors (Lipinski definition) is 3. The first kappa shape index (κ1) is 15.7. The van der Waals surface area contributed by atoms with Gasteiger partial charge in [0.15, 0.2) is 0 Å². The second-order valence-corrected chi connectivity index (χ2v) is 5.48. The summed E-state index contributed by atoms with van der Waals surface area (Å²) in [4.78, 5) is 23.9. The maximum Gasteiger partial charge on any atom is 0.311 e. The molecule has 0 unspecified atom stereocenters. The van der Waals surface area contributed by atoms with Crippen molar-refractivity contribution in [3.63, 3.8) is 0 Å². The zero-order valence-electron chi connectivity index (χ0n) is 13.1. The van der Waals surface area contributed by atoms with E-state index in [1.807, 2.05) is 54.6 Å². The van der Waals surface area contributed by atoms with E-state index in [0.29, 0.717) is 11.8 Å². The van der Waals surface area contributed by atoms with Crippen molar-refractivity contribution in [2.75, 3.05) is 0 Å². The second kappa shape index (κ2) is 6.96. The number of carbonyl (C=O) groups excluding carboxylic acids is 2. The van der Waals surface area contributed by atoms with E-state index >= 15 is 0 Å². The summed E-state index contributed by atoms with van der Waals surface area (Å²) < 4.78 is 5.40. The van der Waals surface area contributed by atoms with Crippen LogP contribution in [0.1, 0.15) is 22.3 Å². The molecule has 3 aromatic rings. The van der Waals surface area contributed by atoms with Gasteiger partial charge in [-0.2, -0.15) is 0 Å². The van der Waals surface area contributed by atoms with E-state index in [4.69, 9.17) is 10.5 Å². The average Bonchev–Trinajstić information content (AvgIpc) is 2.60. The third-order valence-electron chi connectivity index (χ3n) is 3.82. The molecule has 0 radical (unpaired) electrons. The average molecular weight is 319 g/mol. The molecule has 2 N–H and O–H groups in total. The molecule has 4 heteroatoms. The fraction of sp³-hybridized carbons (Fsp3) is 0.100. The number of primary amides is 1. The number of carbonyl (C=O) groups is 2. The van der Waals surface area contributed by atoms with Crippen molar-refractivity contribution in [3.8, 4) is 5.75 Å². The second-order valence-electron chi connectivity index (χ2n) is 5.48. The molecule has 0 fully saturated rings. The normalized spacial score (nSPS) is 10.5. The van der Waals surface area contributed by atoms with Crippen LogP contribution in [0.15, 0.2) is 66.7 Å². The van der Waals surface area contributed by atoms with Crippen molar-refractivity contribution >= 4 is 22.6 Å². The third-order valence-corrected chi connectivity index (χ3v) is 3.82. The Morgan fingerprint density at radius 3 is 2.33 bits per heavy atom. The van der Waals surface area contributed by atoms with E-state index in [2.05, 4.69) is 0 Å². The van der Waals surface area contributed by atoms with Crippen LogP contribution < -0.4 is 10.5 Å². The molecule has 0 saturated carbocycles. The van der Waals surface area contributed by atoms with Gasteiger partial charge in [0.2, 0.25) is 0 Å². The Morgan fingerprint density at radius 1 is 0.875 bits per heavy atom.